The van der Waals surface area contributed by atoms with Crippen molar-refractivity contribution in [3.05, 3.63) is 12.4 Å². The van der Waals surface area contributed by atoms with Gasteiger partial charge in [0, 0.05) is 0 Å². The van der Waals surface area contributed by atoms with Crippen LogP contribution in [0.25, 0.3) is 0 Å². The summed E-state index contributed by atoms with van der Waals surface area (Å²) in [5, 5.41) is 0. The van der Waals surface area contributed by atoms with Gasteiger partial charge in [0.1, 0.15) is 0 Å². The van der Waals surface area contributed by atoms with Crippen molar-refractivity contribution in [2.24, 2.45) is 0 Å². The van der Waals surface area contributed by atoms with Crippen LogP contribution >= 0.6 is 0 Å². The third kappa shape index (κ3) is 3.30. The van der Waals surface area contributed by atoms with Gasteiger partial charge in [-0.15, -0.1) is 0 Å². The Hall–Kier alpha value is -0.461. The molecule has 0 atom stereocenters. The Morgan fingerprint density at radius 3 is 2.33 bits per heavy atom. The van der Waals surface area contributed by atoms with E-state index in [1.54, 1.807) is 6.20 Å². The average Bonchev–Trinajstić information content (AvgIpc) is 2.28. The van der Waals surface area contributed by atoms with Gasteiger partial charge in [-0.05, 0) is 0 Å². The number of hydrogen-bond acceptors (Lipinski definition) is 3. The van der Waals surface area contributed by atoms with E-state index in [-0.39, 0.29) is 12.8 Å². The van der Waals surface area contributed by atoms with Crippen molar-refractivity contribution in [1.29, 1.82) is 0 Å². The second-order valence-electron chi connectivity index (χ2n) is 5.86. The van der Waals surface area contributed by atoms with Gasteiger partial charge in [-0.2, -0.15) is 0 Å². The normalized spacial score (nSPS) is 19.9. The van der Waals surface area contributed by atoms with Crippen LogP contribution in [-0.2, 0) is 0 Å². The molecule has 1 aliphatic rings. The molecule has 100 valence electrons. The first kappa shape index (κ1) is 14.0. The van der Waals surface area contributed by atoms with Crippen LogP contribution in [-0.4, -0.2) is 47.4 Å². The van der Waals surface area contributed by atoms with E-state index in [9.17, 15) is 8.78 Å². The van der Waals surface area contributed by atoms with Gasteiger partial charge < -0.3 is 0 Å². The summed E-state index contributed by atoms with van der Waals surface area (Å²) in [4.78, 5) is 17.6. The number of anilines is 1. The van der Waals surface area contributed by atoms with E-state index in [2.05, 4.69) is 24.8 Å². The Morgan fingerprint density at radius 1 is 1.17 bits per heavy atom. The molecule has 0 saturated carbocycles. The van der Waals surface area contributed by atoms with E-state index in [1.165, 1.54) is 0 Å². The Kier molecular flexibility index (Phi) is 3.80. The molecule has 0 aliphatic carbocycles. The summed E-state index contributed by atoms with van der Waals surface area (Å²) in [5.74, 6) is -1.75. The molecule has 1 aromatic rings. The van der Waals surface area contributed by atoms with Crippen LogP contribution in [0.4, 0.5) is 14.6 Å². The van der Waals surface area contributed by atoms with Crippen molar-refractivity contribution in [3.63, 3.8) is 0 Å². The number of piperidine rings is 1. The first-order valence-electron chi connectivity index (χ1n) is 6.23. The summed E-state index contributed by atoms with van der Waals surface area (Å²) in [7, 11) is 0. The Labute approximate surface area is 110 Å². The first-order chi connectivity index (χ1) is 8.28. The van der Waals surface area contributed by atoms with Crippen molar-refractivity contribution >= 4 is 27.9 Å². The molecule has 1 aliphatic heterocycles. The SMILES string of the molecule is [CH3][Sn]([CH3])([CH3])[c]1cncc(N2CCC(F)(F)CC2)n1. The summed E-state index contributed by atoms with van der Waals surface area (Å²) in [6.07, 6.45) is 3.35. The first-order valence-corrected chi connectivity index (χ1v) is 16.2. The minimum atomic E-state index is -2.51. The molecular formula is C12H19F2N3Sn. The second kappa shape index (κ2) is 4.90. The third-order valence-electron chi connectivity index (χ3n) is 3.21. The van der Waals surface area contributed by atoms with Gasteiger partial charge in [-0.25, -0.2) is 0 Å². The summed E-state index contributed by atoms with van der Waals surface area (Å²) < 4.78 is 27.3. The molecule has 0 radical (unpaired) electrons. The molecule has 1 aromatic heterocycles. The standard InChI is InChI=1S/C9H10F2N3.3CH3.Sn/c10-9(11)1-5-14(6-2-9)8-7-12-3-4-13-8;;;;/h3,7H,1-2,5-6H2;3*1H3;. The molecule has 0 spiro atoms. The molecule has 6 heteroatoms. The summed E-state index contributed by atoms with van der Waals surface area (Å²) >= 11 is -2.23. The van der Waals surface area contributed by atoms with Gasteiger partial charge in [0.2, 0.25) is 0 Å². The van der Waals surface area contributed by atoms with Gasteiger partial charge in [-0.3, -0.25) is 0 Å². The second-order valence-corrected chi connectivity index (χ2v) is 20.2. The van der Waals surface area contributed by atoms with Crippen molar-refractivity contribution < 1.29 is 8.78 Å². The molecule has 2 heterocycles. The summed E-state index contributed by atoms with van der Waals surface area (Å²) in [6.45, 7) is 0.732. The van der Waals surface area contributed by atoms with E-state index in [0.717, 1.165) is 9.53 Å². The zero-order valence-corrected chi connectivity index (χ0v) is 13.9. The summed E-state index contributed by atoms with van der Waals surface area (Å²) in [6, 6.07) is 0. The van der Waals surface area contributed by atoms with Crippen molar-refractivity contribution in [3.8, 4) is 0 Å². The average molecular weight is 362 g/mol. The van der Waals surface area contributed by atoms with Crippen LogP contribution in [0, 0.1) is 0 Å². The van der Waals surface area contributed by atoms with Crippen LogP contribution in [0.1, 0.15) is 12.8 Å². The van der Waals surface area contributed by atoms with E-state index in [1.807, 2.05) is 11.1 Å². The Morgan fingerprint density at radius 2 is 1.78 bits per heavy atom. The predicted molar refractivity (Wildman–Crippen MR) is 71.4 cm³/mol. The number of aromatic nitrogens is 2. The maximum atomic E-state index is 13.1. The van der Waals surface area contributed by atoms with Crippen molar-refractivity contribution in [2.75, 3.05) is 18.0 Å². The number of alkyl halides is 2. The zero-order chi connectivity index (χ0) is 13.4. The molecule has 1 fully saturated rings. The number of halogens is 2. The van der Waals surface area contributed by atoms with E-state index >= 15 is 0 Å². The van der Waals surface area contributed by atoms with Crippen LogP contribution in [0.2, 0.25) is 14.8 Å². The topological polar surface area (TPSA) is 29.0 Å². The monoisotopic (exact) mass is 363 g/mol. The number of nitrogens with zero attached hydrogens (tertiary/aromatic N) is 3. The van der Waals surface area contributed by atoms with Crippen LogP contribution in [0.5, 0.6) is 0 Å². The molecule has 1 saturated heterocycles. The molecule has 18 heavy (non-hydrogen) atoms. The fourth-order valence-electron chi connectivity index (χ4n) is 1.93. The van der Waals surface area contributed by atoms with Gasteiger partial charge in [0.05, 0.1) is 0 Å². The molecule has 2 rings (SSSR count). The molecule has 0 amide bonds. The van der Waals surface area contributed by atoms with Gasteiger partial charge in [0.25, 0.3) is 0 Å². The van der Waals surface area contributed by atoms with Crippen molar-refractivity contribution in [2.45, 2.75) is 33.6 Å². The fourth-order valence-corrected chi connectivity index (χ4v) is 4.53. The minimum absolute atomic E-state index is 0.0856. The van der Waals surface area contributed by atoms with E-state index in [0.29, 0.717) is 13.1 Å². The third-order valence-corrected chi connectivity index (χ3v) is 8.28. The van der Waals surface area contributed by atoms with E-state index < -0.39 is 24.3 Å². The maximum absolute atomic E-state index is 13.1. The van der Waals surface area contributed by atoms with Crippen LogP contribution < -0.4 is 8.61 Å². The molecule has 0 unspecified atom stereocenters. The van der Waals surface area contributed by atoms with Crippen LogP contribution in [0.3, 0.4) is 0 Å². The van der Waals surface area contributed by atoms with Gasteiger partial charge >= 0.3 is 111 Å². The van der Waals surface area contributed by atoms with Crippen molar-refractivity contribution in [1.82, 2.24) is 9.97 Å². The van der Waals surface area contributed by atoms with Gasteiger partial charge in [-0.1, -0.05) is 0 Å². The van der Waals surface area contributed by atoms with Gasteiger partial charge in [0.15, 0.2) is 0 Å². The molecule has 0 N–H and O–H groups in total. The summed E-state index contributed by atoms with van der Waals surface area (Å²) in [5.41, 5.74) is 0. The van der Waals surface area contributed by atoms with Crippen LogP contribution in [0.15, 0.2) is 12.4 Å². The molecule has 0 aromatic carbocycles. The quantitative estimate of drug-likeness (QED) is 0.756. The molecule has 3 nitrogen and oxygen atoms in total. The Balaban J connectivity index is 2.15. The number of rotatable bonds is 2. The number of hydrogen-bond donors (Lipinski definition) is 0. The zero-order valence-electron chi connectivity index (χ0n) is 11.1. The molecular weight excluding hydrogens is 343 g/mol. The predicted octanol–water partition coefficient (Wildman–Crippen LogP) is 2.26. The molecule has 0 bridgehead atoms. The fraction of sp³-hybridized carbons (Fsp3) is 0.667. The Bertz CT molecular complexity index is 422. The van der Waals surface area contributed by atoms with E-state index in [4.69, 9.17) is 0 Å².